The Morgan fingerprint density at radius 2 is 1.71 bits per heavy atom. The molecule has 0 amide bonds. The van der Waals surface area contributed by atoms with Crippen molar-refractivity contribution in [3.8, 4) is 0 Å². The molecule has 3 heterocycles. The van der Waals surface area contributed by atoms with Crippen molar-refractivity contribution in [2.45, 2.75) is 18.5 Å². The lowest BCUT2D eigenvalue weighted by molar-refractivity contribution is 0.0167. The third-order valence-electron chi connectivity index (χ3n) is 6.43. The topological polar surface area (TPSA) is 52.6 Å². The van der Waals surface area contributed by atoms with E-state index in [1.54, 1.807) is 0 Å². The highest BCUT2D eigenvalue weighted by molar-refractivity contribution is 14.0. The van der Waals surface area contributed by atoms with Crippen molar-refractivity contribution in [1.82, 2.24) is 20.0 Å². The fraction of sp³-hybridized carbons (Fsp3) is 0.682. The van der Waals surface area contributed by atoms with Gasteiger partial charge in [-0.25, -0.2) is 0 Å². The Bertz CT molecular complexity index is 696. The molecule has 174 valence electrons. The van der Waals surface area contributed by atoms with E-state index in [-0.39, 0.29) is 30.0 Å². The van der Waals surface area contributed by atoms with Crippen LogP contribution in [0.5, 0.6) is 0 Å². The minimum Gasteiger partial charge on any atom is -0.379 e. The molecule has 2 atom stereocenters. The van der Waals surface area contributed by atoms with E-state index in [0.717, 1.165) is 83.2 Å². The molecule has 0 aliphatic carbocycles. The van der Waals surface area contributed by atoms with Crippen molar-refractivity contribution in [3.63, 3.8) is 0 Å². The number of guanidine groups is 1. The summed E-state index contributed by atoms with van der Waals surface area (Å²) in [5.74, 6) is 0.998. The largest absolute Gasteiger partial charge is 0.379 e. The Morgan fingerprint density at radius 1 is 1.06 bits per heavy atom. The maximum atomic E-state index is 6.13. The van der Waals surface area contributed by atoms with E-state index in [2.05, 4.69) is 37.1 Å². The van der Waals surface area contributed by atoms with Crippen LogP contribution < -0.4 is 5.32 Å². The third kappa shape index (κ3) is 6.68. The predicted molar refractivity (Wildman–Crippen MR) is 136 cm³/mol. The standard InChI is InChI=1S/C22H34ClN5O2.HI/c1-24-22(28-7-6-20(17-28)26-8-12-29-13-9-26)25-16-21(27-10-14-30-15-11-27)18-2-4-19(23)5-3-18;/h2-5,20-21H,6-17H2,1H3,(H,24,25);1H. The van der Waals surface area contributed by atoms with Crippen molar-refractivity contribution in [1.29, 1.82) is 0 Å². The SMILES string of the molecule is CN=C(NCC(c1ccc(Cl)cc1)N1CCOCC1)N1CCC(N2CCOCC2)C1.I. The zero-order valence-electron chi connectivity index (χ0n) is 18.3. The van der Waals surface area contributed by atoms with E-state index in [4.69, 9.17) is 21.1 Å². The van der Waals surface area contributed by atoms with Crippen molar-refractivity contribution < 1.29 is 9.47 Å². The number of rotatable bonds is 5. The molecule has 3 aliphatic heterocycles. The molecule has 0 radical (unpaired) electrons. The molecular formula is C22H35ClIN5O2. The van der Waals surface area contributed by atoms with Gasteiger partial charge in [0.1, 0.15) is 0 Å². The Labute approximate surface area is 208 Å². The minimum atomic E-state index is 0. The Hall–Kier alpha value is -0.650. The molecule has 7 nitrogen and oxygen atoms in total. The van der Waals surface area contributed by atoms with Gasteiger partial charge in [-0.2, -0.15) is 0 Å². The van der Waals surface area contributed by atoms with Crippen molar-refractivity contribution in [3.05, 3.63) is 34.9 Å². The van der Waals surface area contributed by atoms with Crippen LogP contribution in [-0.4, -0.2) is 106 Å². The normalized spacial score (nSPS) is 24.6. The lowest BCUT2D eigenvalue weighted by Crippen LogP contribution is -2.48. The van der Waals surface area contributed by atoms with Crippen molar-refractivity contribution >= 4 is 41.5 Å². The molecule has 31 heavy (non-hydrogen) atoms. The van der Waals surface area contributed by atoms with Crippen molar-refractivity contribution in [2.75, 3.05) is 79.3 Å². The van der Waals surface area contributed by atoms with Crippen LogP contribution in [0, 0.1) is 0 Å². The summed E-state index contributed by atoms with van der Waals surface area (Å²) in [5.41, 5.74) is 1.27. The van der Waals surface area contributed by atoms with E-state index in [0.29, 0.717) is 6.04 Å². The van der Waals surface area contributed by atoms with Gasteiger partial charge in [-0.05, 0) is 24.1 Å². The number of hydrogen-bond donors (Lipinski definition) is 1. The quantitative estimate of drug-likeness (QED) is 0.337. The van der Waals surface area contributed by atoms with Gasteiger partial charge in [-0.1, -0.05) is 23.7 Å². The summed E-state index contributed by atoms with van der Waals surface area (Å²) in [6.07, 6.45) is 1.19. The van der Waals surface area contributed by atoms with Crippen LogP contribution in [0.15, 0.2) is 29.3 Å². The lowest BCUT2D eigenvalue weighted by atomic mass is 10.0. The number of aliphatic imine (C=N–C) groups is 1. The minimum absolute atomic E-state index is 0. The van der Waals surface area contributed by atoms with Crippen LogP contribution in [0.2, 0.25) is 5.02 Å². The monoisotopic (exact) mass is 563 g/mol. The van der Waals surface area contributed by atoms with Gasteiger partial charge in [0, 0.05) is 63.9 Å². The molecule has 3 fully saturated rings. The van der Waals surface area contributed by atoms with E-state index in [9.17, 15) is 0 Å². The summed E-state index contributed by atoms with van der Waals surface area (Å²) >= 11 is 6.13. The molecule has 4 rings (SSSR count). The second-order valence-corrected chi connectivity index (χ2v) is 8.62. The van der Waals surface area contributed by atoms with Crippen molar-refractivity contribution in [2.24, 2.45) is 4.99 Å². The van der Waals surface area contributed by atoms with Gasteiger partial charge in [0.05, 0.1) is 32.5 Å². The zero-order chi connectivity index (χ0) is 20.8. The predicted octanol–water partition coefficient (Wildman–Crippen LogP) is 2.31. The van der Waals surface area contributed by atoms with Crippen LogP contribution in [0.1, 0.15) is 18.0 Å². The first-order valence-corrected chi connectivity index (χ1v) is 11.5. The van der Waals surface area contributed by atoms with Crippen LogP contribution in [0.25, 0.3) is 0 Å². The fourth-order valence-corrected chi connectivity index (χ4v) is 4.85. The molecule has 0 spiro atoms. The van der Waals surface area contributed by atoms with Gasteiger partial charge in [0.2, 0.25) is 0 Å². The smallest absolute Gasteiger partial charge is 0.193 e. The van der Waals surface area contributed by atoms with E-state index in [1.807, 2.05) is 19.2 Å². The average Bonchev–Trinajstić information content (AvgIpc) is 3.29. The highest BCUT2D eigenvalue weighted by Gasteiger charge is 2.31. The molecule has 2 unspecified atom stereocenters. The molecule has 1 N–H and O–H groups in total. The molecule has 0 aromatic heterocycles. The fourth-order valence-electron chi connectivity index (χ4n) is 4.73. The number of morpholine rings is 2. The zero-order valence-corrected chi connectivity index (χ0v) is 21.4. The van der Waals surface area contributed by atoms with Gasteiger partial charge >= 0.3 is 0 Å². The number of halogens is 2. The summed E-state index contributed by atoms with van der Waals surface area (Å²) in [4.78, 5) is 12.1. The highest BCUT2D eigenvalue weighted by Crippen LogP contribution is 2.23. The molecule has 3 saturated heterocycles. The Morgan fingerprint density at radius 3 is 2.35 bits per heavy atom. The molecule has 3 aliphatic rings. The maximum absolute atomic E-state index is 6.13. The molecular weight excluding hydrogens is 529 g/mol. The molecule has 9 heteroatoms. The van der Waals surface area contributed by atoms with Gasteiger partial charge in [0.25, 0.3) is 0 Å². The summed E-state index contributed by atoms with van der Waals surface area (Å²) in [7, 11) is 1.89. The van der Waals surface area contributed by atoms with Crippen LogP contribution in [-0.2, 0) is 9.47 Å². The molecule has 0 bridgehead atoms. The van der Waals surface area contributed by atoms with Crippen LogP contribution in [0.3, 0.4) is 0 Å². The number of ether oxygens (including phenoxy) is 2. The third-order valence-corrected chi connectivity index (χ3v) is 6.68. The first-order valence-electron chi connectivity index (χ1n) is 11.1. The van der Waals surface area contributed by atoms with Gasteiger partial charge in [-0.3, -0.25) is 14.8 Å². The maximum Gasteiger partial charge on any atom is 0.193 e. The number of nitrogens with zero attached hydrogens (tertiary/aromatic N) is 4. The van der Waals surface area contributed by atoms with Gasteiger partial charge < -0.3 is 19.7 Å². The van der Waals surface area contributed by atoms with Crippen LogP contribution >= 0.6 is 35.6 Å². The first kappa shape index (κ1) is 25.0. The number of likely N-dealkylation sites (tertiary alicyclic amines) is 1. The van der Waals surface area contributed by atoms with Gasteiger partial charge in [-0.15, -0.1) is 24.0 Å². The summed E-state index contributed by atoms with van der Waals surface area (Å²) in [6.45, 7) is 10.1. The summed E-state index contributed by atoms with van der Waals surface area (Å²) in [6, 6.07) is 9.09. The molecule has 1 aromatic rings. The van der Waals surface area contributed by atoms with E-state index >= 15 is 0 Å². The second-order valence-electron chi connectivity index (χ2n) is 8.18. The average molecular weight is 564 g/mol. The molecule has 0 saturated carbocycles. The number of nitrogens with one attached hydrogen (secondary N) is 1. The number of benzene rings is 1. The summed E-state index contributed by atoms with van der Waals surface area (Å²) < 4.78 is 11.1. The highest BCUT2D eigenvalue weighted by atomic mass is 127. The van der Waals surface area contributed by atoms with E-state index in [1.165, 1.54) is 12.0 Å². The number of hydrogen-bond acceptors (Lipinski definition) is 5. The first-order chi connectivity index (χ1) is 14.7. The van der Waals surface area contributed by atoms with E-state index < -0.39 is 0 Å². The Balaban J connectivity index is 0.00000272. The Kier molecular flexibility index (Phi) is 10.1. The lowest BCUT2D eigenvalue weighted by Gasteiger charge is -2.36. The van der Waals surface area contributed by atoms with Gasteiger partial charge in [0.15, 0.2) is 5.96 Å². The van der Waals surface area contributed by atoms with Crippen LogP contribution in [0.4, 0.5) is 0 Å². The second kappa shape index (κ2) is 12.6. The summed E-state index contributed by atoms with van der Waals surface area (Å²) in [5, 5.41) is 4.44. The molecule has 1 aromatic carbocycles.